The Kier molecular flexibility index (Phi) is 4.78. The lowest BCUT2D eigenvalue weighted by atomic mass is 9.97. The Morgan fingerprint density at radius 1 is 1.15 bits per heavy atom. The van der Waals surface area contributed by atoms with Gasteiger partial charge in [-0.1, -0.05) is 18.2 Å². The van der Waals surface area contributed by atoms with E-state index in [-0.39, 0.29) is 11.8 Å². The normalized spacial score (nSPS) is 16.9. The Balaban J connectivity index is 1.43. The molecule has 1 fully saturated rings. The van der Waals surface area contributed by atoms with Crippen LogP contribution >= 0.6 is 0 Å². The van der Waals surface area contributed by atoms with E-state index in [1.54, 1.807) is 11.0 Å². The lowest BCUT2D eigenvalue weighted by Gasteiger charge is -2.32. The number of piperidine rings is 1. The van der Waals surface area contributed by atoms with Gasteiger partial charge < -0.3 is 10.2 Å². The van der Waals surface area contributed by atoms with Crippen LogP contribution in [0.1, 0.15) is 18.4 Å². The minimum absolute atomic E-state index is 0.0567. The minimum Gasteiger partial charge on any atom is -0.354 e. The van der Waals surface area contributed by atoms with Crippen molar-refractivity contribution in [2.45, 2.75) is 19.8 Å². The van der Waals surface area contributed by atoms with Gasteiger partial charge in [0, 0.05) is 18.8 Å². The van der Waals surface area contributed by atoms with Crippen LogP contribution in [0.3, 0.4) is 0 Å². The predicted octanol–water partition coefficient (Wildman–Crippen LogP) is 2.22. The highest BCUT2D eigenvalue weighted by atomic mass is 16.1. The maximum atomic E-state index is 12.7. The van der Waals surface area contributed by atoms with E-state index in [9.17, 15) is 4.79 Å². The standard InChI is InChI=1S/C19H21N7O/c1-14-5-2-3-7-16(14)22-19(27)15-6-4-10-25(11-15)17-8-9-18(24-23-17)26-13-20-12-21-26/h2-3,5,7-9,12-13,15H,4,6,10-11H2,1H3,(H,22,27). The molecule has 8 heteroatoms. The largest absolute Gasteiger partial charge is 0.354 e. The number of carbonyl (C=O) groups excluding carboxylic acids is 1. The van der Waals surface area contributed by atoms with Crippen molar-refractivity contribution < 1.29 is 4.79 Å². The summed E-state index contributed by atoms with van der Waals surface area (Å²) in [6.45, 7) is 3.50. The Morgan fingerprint density at radius 2 is 1.96 bits per heavy atom. The molecule has 0 radical (unpaired) electrons. The molecule has 2 aromatic heterocycles. The van der Waals surface area contributed by atoms with Gasteiger partial charge in [-0.25, -0.2) is 9.67 Å². The lowest BCUT2D eigenvalue weighted by Crippen LogP contribution is -2.41. The van der Waals surface area contributed by atoms with Crippen LogP contribution in [-0.2, 0) is 4.79 Å². The molecule has 4 rings (SSSR count). The maximum Gasteiger partial charge on any atom is 0.229 e. The van der Waals surface area contributed by atoms with Crippen molar-refractivity contribution in [2.24, 2.45) is 5.92 Å². The summed E-state index contributed by atoms with van der Waals surface area (Å²) in [6.07, 6.45) is 4.85. The van der Waals surface area contributed by atoms with Crippen LogP contribution in [0.5, 0.6) is 0 Å². The van der Waals surface area contributed by atoms with Crippen molar-refractivity contribution in [1.29, 1.82) is 0 Å². The smallest absolute Gasteiger partial charge is 0.229 e. The van der Waals surface area contributed by atoms with E-state index in [0.29, 0.717) is 12.4 Å². The number of amides is 1. The molecule has 1 saturated heterocycles. The van der Waals surface area contributed by atoms with E-state index < -0.39 is 0 Å². The van der Waals surface area contributed by atoms with E-state index >= 15 is 0 Å². The van der Waals surface area contributed by atoms with Crippen molar-refractivity contribution in [1.82, 2.24) is 25.0 Å². The molecule has 1 aromatic carbocycles. The average Bonchev–Trinajstić information content (AvgIpc) is 3.25. The van der Waals surface area contributed by atoms with Gasteiger partial charge in [-0.3, -0.25) is 4.79 Å². The number of carbonyl (C=O) groups is 1. The Hall–Kier alpha value is -3.29. The summed E-state index contributed by atoms with van der Waals surface area (Å²) in [5, 5.41) is 15.6. The van der Waals surface area contributed by atoms with Gasteiger partial charge in [0.05, 0.1) is 5.92 Å². The molecule has 3 heterocycles. The Bertz CT molecular complexity index is 908. The molecule has 138 valence electrons. The zero-order chi connectivity index (χ0) is 18.6. The van der Waals surface area contributed by atoms with Crippen molar-refractivity contribution in [3.63, 3.8) is 0 Å². The van der Waals surface area contributed by atoms with Crippen LogP contribution in [0, 0.1) is 12.8 Å². The van der Waals surface area contributed by atoms with E-state index in [0.717, 1.165) is 36.5 Å². The van der Waals surface area contributed by atoms with Gasteiger partial charge in [0.2, 0.25) is 5.91 Å². The topological polar surface area (TPSA) is 88.8 Å². The molecular formula is C19H21N7O. The van der Waals surface area contributed by atoms with E-state index in [2.05, 4.69) is 30.5 Å². The second-order valence-corrected chi connectivity index (χ2v) is 6.68. The molecule has 0 aliphatic carbocycles. The third-order valence-electron chi connectivity index (χ3n) is 4.81. The van der Waals surface area contributed by atoms with Crippen molar-refractivity contribution >= 4 is 17.4 Å². The first-order chi connectivity index (χ1) is 13.2. The quantitative estimate of drug-likeness (QED) is 0.765. The average molecular weight is 363 g/mol. The number of benzene rings is 1. The molecule has 0 spiro atoms. The highest BCUT2D eigenvalue weighted by molar-refractivity contribution is 5.93. The SMILES string of the molecule is Cc1ccccc1NC(=O)C1CCCN(c2ccc(-n3cncn3)nn2)C1. The molecular weight excluding hydrogens is 342 g/mol. The number of hydrogen-bond acceptors (Lipinski definition) is 6. The summed E-state index contributed by atoms with van der Waals surface area (Å²) in [4.78, 5) is 18.7. The van der Waals surface area contributed by atoms with Gasteiger partial charge in [-0.2, -0.15) is 5.10 Å². The van der Waals surface area contributed by atoms with Crippen molar-refractivity contribution in [3.05, 3.63) is 54.6 Å². The molecule has 0 bridgehead atoms. The Morgan fingerprint density at radius 3 is 2.70 bits per heavy atom. The van der Waals surface area contributed by atoms with Gasteiger partial charge in [0.15, 0.2) is 11.6 Å². The third kappa shape index (κ3) is 3.79. The third-order valence-corrected chi connectivity index (χ3v) is 4.81. The van der Waals surface area contributed by atoms with Crippen LogP contribution in [0.2, 0.25) is 0 Å². The van der Waals surface area contributed by atoms with Gasteiger partial charge >= 0.3 is 0 Å². The first-order valence-electron chi connectivity index (χ1n) is 9.01. The van der Waals surface area contributed by atoms with Gasteiger partial charge in [-0.05, 0) is 43.5 Å². The summed E-state index contributed by atoms with van der Waals surface area (Å²) in [7, 11) is 0. The summed E-state index contributed by atoms with van der Waals surface area (Å²) < 4.78 is 1.56. The Labute approximate surface area is 157 Å². The van der Waals surface area contributed by atoms with Gasteiger partial charge in [-0.15, -0.1) is 10.2 Å². The van der Waals surface area contributed by atoms with Crippen molar-refractivity contribution in [2.75, 3.05) is 23.3 Å². The predicted molar refractivity (Wildman–Crippen MR) is 102 cm³/mol. The highest BCUT2D eigenvalue weighted by Gasteiger charge is 2.27. The molecule has 1 aliphatic rings. The maximum absolute atomic E-state index is 12.7. The van der Waals surface area contributed by atoms with Crippen LogP contribution in [0.15, 0.2) is 49.1 Å². The van der Waals surface area contributed by atoms with Crippen molar-refractivity contribution in [3.8, 4) is 5.82 Å². The molecule has 8 nitrogen and oxygen atoms in total. The molecule has 0 saturated carbocycles. The van der Waals surface area contributed by atoms with Crippen LogP contribution < -0.4 is 10.2 Å². The zero-order valence-corrected chi connectivity index (χ0v) is 15.1. The first-order valence-corrected chi connectivity index (χ1v) is 9.01. The molecule has 27 heavy (non-hydrogen) atoms. The monoisotopic (exact) mass is 363 g/mol. The molecule has 1 N–H and O–H groups in total. The number of anilines is 2. The fraction of sp³-hybridized carbons (Fsp3) is 0.316. The number of nitrogens with zero attached hydrogens (tertiary/aromatic N) is 6. The first kappa shape index (κ1) is 17.1. The minimum atomic E-state index is -0.0739. The summed E-state index contributed by atoms with van der Waals surface area (Å²) in [5.41, 5.74) is 1.93. The highest BCUT2D eigenvalue weighted by Crippen LogP contribution is 2.23. The van der Waals surface area contributed by atoms with Gasteiger partial charge in [0.1, 0.15) is 12.7 Å². The van der Waals surface area contributed by atoms with Gasteiger partial charge in [0.25, 0.3) is 0 Å². The van der Waals surface area contributed by atoms with E-state index in [4.69, 9.17) is 0 Å². The molecule has 1 amide bonds. The van der Waals surface area contributed by atoms with Crippen LogP contribution in [0.25, 0.3) is 5.82 Å². The fourth-order valence-electron chi connectivity index (χ4n) is 3.28. The molecule has 1 atom stereocenters. The summed E-state index contributed by atoms with van der Waals surface area (Å²) >= 11 is 0. The van der Waals surface area contributed by atoms with E-state index in [1.807, 2.05) is 43.3 Å². The lowest BCUT2D eigenvalue weighted by molar-refractivity contribution is -0.120. The number of aromatic nitrogens is 5. The number of para-hydroxylation sites is 1. The number of aryl methyl sites for hydroxylation is 1. The number of rotatable bonds is 4. The zero-order valence-electron chi connectivity index (χ0n) is 15.1. The summed E-state index contributed by atoms with van der Waals surface area (Å²) in [6, 6.07) is 11.6. The molecule has 3 aromatic rings. The van der Waals surface area contributed by atoms with E-state index in [1.165, 1.54) is 6.33 Å². The molecule has 1 aliphatic heterocycles. The summed E-state index contributed by atoms with van der Waals surface area (Å²) in [5.74, 6) is 1.37. The second-order valence-electron chi connectivity index (χ2n) is 6.68. The molecule has 1 unspecified atom stereocenters. The van der Waals surface area contributed by atoms with Crippen LogP contribution in [-0.4, -0.2) is 44.0 Å². The number of nitrogens with one attached hydrogen (secondary N) is 1. The second kappa shape index (κ2) is 7.53. The van der Waals surface area contributed by atoms with Crippen LogP contribution in [0.4, 0.5) is 11.5 Å². The fourth-order valence-corrected chi connectivity index (χ4v) is 3.28. The number of hydrogen-bond donors (Lipinski definition) is 1.